The van der Waals surface area contributed by atoms with Crippen molar-refractivity contribution in [1.82, 2.24) is 14.7 Å². The molecule has 1 aromatic rings. The fraction of sp³-hybridized carbons (Fsp3) is 0.700. The van der Waals surface area contributed by atoms with Crippen molar-refractivity contribution >= 4 is 15.9 Å². The summed E-state index contributed by atoms with van der Waals surface area (Å²) >= 11 is 3.64. The van der Waals surface area contributed by atoms with Gasteiger partial charge in [0.2, 0.25) is 0 Å². The molecule has 78 valence electrons. The lowest BCUT2D eigenvalue weighted by Gasteiger charge is -2.21. The molecule has 3 nitrogen and oxygen atoms in total. The molecule has 0 spiro atoms. The zero-order chi connectivity index (χ0) is 10.5. The van der Waals surface area contributed by atoms with E-state index in [9.17, 15) is 0 Å². The van der Waals surface area contributed by atoms with Crippen molar-refractivity contribution < 1.29 is 0 Å². The first kappa shape index (κ1) is 10.2. The van der Waals surface area contributed by atoms with E-state index in [0.29, 0.717) is 0 Å². The minimum absolute atomic E-state index is 0.0573. The van der Waals surface area contributed by atoms with Crippen molar-refractivity contribution in [1.29, 1.82) is 0 Å². The van der Waals surface area contributed by atoms with Crippen LogP contribution in [-0.4, -0.2) is 21.7 Å². The molecular weight excluding hydrogens is 242 g/mol. The average Bonchev–Trinajstić information content (AvgIpc) is 2.49. The number of hydrogen-bond acceptors (Lipinski definition) is 2. The summed E-state index contributed by atoms with van der Waals surface area (Å²) in [5, 5.41) is 4.64. The molecule has 1 aliphatic heterocycles. The third-order valence-corrected chi connectivity index (χ3v) is 3.30. The predicted molar refractivity (Wildman–Crippen MR) is 60.1 cm³/mol. The van der Waals surface area contributed by atoms with Gasteiger partial charge in [0.25, 0.3) is 0 Å². The van der Waals surface area contributed by atoms with Crippen LogP contribution in [0.15, 0.2) is 4.60 Å². The average molecular weight is 258 g/mol. The minimum atomic E-state index is 0.0573. The van der Waals surface area contributed by atoms with Crippen LogP contribution in [0, 0.1) is 0 Å². The molecule has 0 atom stereocenters. The molecule has 0 N–H and O–H groups in total. The molecule has 0 saturated heterocycles. The zero-order valence-electron chi connectivity index (χ0n) is 9.13. The fourth-order valence-corrected chi connectivity index (χ4v) is 2.75. The smallest absolute Gasteiger partial charge is 0.109 e. The highest BCUT2D eigenvalue weighted by molar-refractivity contribution is 9.10. The molecule has 0 aliphatic carbocycles. The third-order valence-electron chi connectivity index (χ3n) is 2.49. The molecule has 0 radical (unpaired) electrons. The summed E-state index contributed by atoms with van der Waals surface area (Å²) in [7, 11) is 2.12. The maximum Gasteiger partial charge on any atom is 0.109 e. The Hall–Kier alpha value is -0.350. The van der Waals surface area contributed by atoms with Gasteiger partial charge in [-0.05, 0) is 43.7 Å². The maximum absolute atomic E-state index is 4.64. The SMILES string of the molecule is CN1Cc2nn(C(C)(C)C)c(Br)c2C1. The molecule has 1 aromatic heterocycles. The van der Waals surface area contributed by atoms with E-state index in [0.717, 1.165) is 17.7 Å². The van der Waals surface area contributed by atoms with Crippen LogP contribution in [0.25, 0.3) is 0 Å². The first-order valence-electron chi connectivity index (χ1n) is 4.85. The second-order valence-corrected chi connectivity index (χ2v) is 5.72. The molecule has 4 heteroatoms. The van der Waals surface area contributed by atoms with Crippen LogP contribution >= 0.6 is 15.9 Å². The number of halogens is 1. The molecule has 2 heterocycles. The van der Waals surface area contributed by atoms with E-state index in [1.54, 1.807) is 0 Å². The van der Waals surface area contributed by atoms with Gasteiger partial charge in [-0.15, -0.1) is 0 Å². The summed E-state index contributed by atoms with van der Waals surface area (Å²) in [6.07, 6.45) is 0. The number of nitrogens with zero attached hydrogens (tertiary/aromatic N) is 3. The lowest BCUT2D eigenvalue weighted by Crippen LogP contribution is -2.24. The second-order valence-electron chi connectivity index (χ2n) is 4.97. The van der Waals surface area contributed by atoms with Gasteiger partial charge in [0, 0.05) is 18.7 Å². The van der Waals surface area contributed by atoms with Gasteiger partial charge in [-0.25, -0.2) is 0 Å². The van der Waals surface area contributed by atoms with Crippen LogP contribution in [0.4, 0.5) is 0 Å². The highest BCUT2D eigenvalue weighted by Crippen LogP contribution is 2.31. The molecule has 0 amide bonds. The lowest BCUT2D eigenvalue weighted by atomic mass is 10.1. The van der Waals surface area contributed by atoms with E-state index in [-0.39, 0.29) is 5.54 Å². The largest absolute Gasteiger partial charge is 0.296 e. The van der Waals surface area contributed by atoms with E-state index in [1.807, 2.05) is 0 Å². The maximum atomic E-state index is 4.64. The van der Waals surface area contributed by atoms with Crippen LogP contribution in [0.3, 0.4) is 0 Å². The number of fused-ring (bicyclic) bond motifs is 1. The quantitative estimate of drug-likeness (QED) is 0.712. The van der Waals surface area contributed by atoms with E-state index >= 15 is 0 Å². The number of hydrogen-bond donors (Lipinski definition) is 0. The van der Waals surface area contributed by atoms with E-state index < -0.39 is 0 Å². The fourth-order valence-electron chi connectivity index (χ4n) is 1.78. The lowest BCUT2D eigenvalue weighted by molar-refractivity contribution is 0.315. The van der Waals surface area contributed by atoms with Crippen molar-refractivity contribution in [2.45, 2.75) is 39.4 Å². The third kappa shape index (κ3) is 1.50. The van der Waals surface area contributed by atoms with Gasteiger partial charge < -0.3 is 0 Å². The molecule has 0 saturated carbocycles. The van der Waals surface area contributed by atoms with Crippen molar-refractivity contribution in [3.63, 3.8) is 0 Å². The summed E-state index contributed by atoms with van der Waals surface area (Å²) in [6.45, 7) is 8.49. The van der Waals surface area contributed by atoms with Crippen LogP contribution in [0.1, 0.15) is 32.0 Å². The van der Waals surface area contributed by atoms with E-state index in [1.165, 1.54) is 11.3 Å². The molecule has 0 aromatic carbocycles. The van der Waals surface area contributed by atoms with Gasteiger partial charge >= 0.3 is 0 Å². The molecule has 2 rings (SSSR count). The Labute approximate surface area is 93.2 Å². The van der Waals surface area contributed by atoms with E-state index in [4.69, 9.17) is 0 Å². The van der Waals surface area contributed by atoms with Crippen molar-refractivity contribution in [3.05, 3.63) is 15.9 Å². The Morgan fingerprint density at radius 2 is 1.93 bits per heavy atom. The summed E-state index contributed by atoms with van der Waals surface area (Å²) in [6, 6.07) is 0. The van der Waals surface area contributed by atoms with E-state index in [2.05, 4.69) is 58.4 Å². The first-order valence-corrected chi connectivity index (χ1v) is 5.64. The highest BCUT2D eigenvalue weighted by Gasteiger charge is 2.27. The molecule has 1 aliphatic rings. The number of rotatable bonds is 0. The predicted octanol–water partition coefficient (Wildman–Crippen LogP) is 2.35. The topological polar surface area (TPSA) is 21.1 Å². The van der Waals surface area contributed by atoms with Crippen LogP contribution < -0.4 is 0 Å². The molecule has 14 heavy (non-hydrogen) atoms. The Balaban J connectivity index is 2.45. The molecule has 0 unspecified atom stereocenters. The van der Waals surface area contributed by atoms with Gasteiger partial charge in [-0.1, -0.05) is 0 Å². The summed E-state index contributed by atoms with van der Waals surface area (Å²) in [5.74, 6) is 0. The van der Waals surface area contributed by atoms with Gasteiger partial charge in [0.05, 0.1) is 11.2 Å². The Kier molecular flexibility index (Phi) is 2.23. The van der Waals surface area contributed by atoms with Gasteiger partial charge in [-0.2, -0.15) is 5.10 Å². The van der Waals surface area contributed by atoms with Crippen LogP contribution in [0.2, 0.25) is 0 Å². The highest BCUT2D eigenvalue weighted by atomic mass is 79.9. The minimum Gasteiger partial charge on any atom is -0.296 e. The zero-order valence-corrected chi connectivity index (χ0v) is 10.7. The number of aromatic nitrogens is 2. The Bertz CT molecular complexity index is 362. The summed E-state index contributed by atoms with van der Waals surface area (Å²) < 4.78 is 3.22. The second kappa shape index (κ2) is 3.07. The molecular formula is C10H16BrN3. The van der Waals surface area contributed by atoms with Crippen LogP contribution in [0.5, 0.6) is 0 Å². The molecule has 0 bridgehead atoms. The molecule has 0 fully saturated rings. The van der Waals surface area contributed by atoms with Crippen LogP contribution in [-0.2, 0) is 18.6 Å². The summed E-state index contributed by atoms with van der Waals surface area (Å²) in [5.41, 5.74) is 2.62. The van der Waals surface area contributed by atoms with Crippen molar-refractivity contribution in [3.8, 4) is 0 Å². The Morgan fingerprint density at radius 3 is 2.43 bits per heavy atom. The van der Waals surface area contributed by atoms with Crippen molar-refractivity contribution in [2.24, 2.45) is 0 Å². The summed E-state index contributed by atoms with van der Waals surface area (Å²) in [4.78, 5) is 2.27. The standard InChI is InChI=1S/C10H16BrN3/c1-10(2,3)14-9(11)7-5-13(4)6-8(7)12-14/h5-6H2,1-4H3. The van der Waals surface area contributed by atoms with Crippen molar-refractivity contribution in [2.75, 3.05) is 7.05 Å². The first-order chi connectivity index (χ1) is 6.39. The van der Waals surface area contributed by atoms with Gasteiger partial charge in [0.1, 0.15) is 4.60 Å². The van der Waals surface area contributed by atoms with Gasteiger partial charge in [-0.3, -0.25) is 9.58 Å². The monoisotopic (exact) mass is 257 g/mol. The van der Waals surface area contributed by atoms with Gasteiger partial charge in [0.15, 0.2) is 0 Å². The Morgan fingerprint density at radius 1 is 1.29 bits per heavy atom. The normalized spacial score (nSPS) is 17.5.